The molecule has 2 aromatic rings. The van der Waals surface area contributed by atoms with E-state index in [0.29, 0.717) is 16.4 Å². The summed E-state index contributed by atoms with van der Waals surface area (Å²) in [5, 5.41) is 14.2. The molecule has 6 heteroatoms. The van der Waals surface area contributed by atoms with Crippen LogP contribution in [0.2, 0.25) is 0 Å². The van der Waals surface area contributed by atoms with Crippen molar-refractivity contribution in [2.45, 2.75) is 23.8 Å². The summed E-state index contributed by atoms with van der Waals surface area (Å²) in [6.45, 7) is 0. The third kappa shape index (κ3) is 3.59. The average molecular weight is 342 g/mol. The molecule has 5 nitrogen and oxygen atoms in total. The largest absolute Gasteiger partial charge is 0.345 e. The number of nitro groups is 1. The van der Waals surface area contributed by atoms with E-state index >= 15 is 0 Å². The zero-order valence-electron chi connectivity index (χ0n) is 13.3. The van der Waals surface area contributed by atoms with Gasteiger partial charge in [-0.1, -0.05) is 30.3 Å². The van der Waals surface area contributed by atoms with E-state index in [-0.39, 0.29) is 17.6 Å². The lowest BCUT2D eigenvalue weighted by molar-refractivity contribution is -0.387. The number of amides is 1. The predicted molar refractivity (Wildman–Crippen MR) is 94.3 cm³/mol. The molecule has 1 aliphatic rings. The summed E-state index contributed by atoms with van der Waals surface area (Å²) in [6, 6.07) is 14.4. The highest BCUT2D eigenvalue weighted by atomic mass is 32.2. The molecule has 1 unspecified atom stereocenters. The topological polar surface area (TPSA) is 72.2 Å². The molecule has 0 saturated heterocycles. The molecule has 0 aliphatic heterocycles. The van der Waals surface area contributed by atoms with Crippen LogP contribution in [-0.2, 0) is 0 Å². The van der Waals surface area contributed by atoms with Crippen LogP contribution in [0.4, 0.5) is 5.69 Å². The Bertz CT molecular complexity index is 760. The van der Waals surface area contributed by atoms with Crippen LogP contribution in [0.5, 0.6) is 0 Å². The quantitative estimate of drug-likeness (QED) is 0.485. The number of hydrogen-bond donors (Lipinski definition) is 1. The average Bonchev–Trinajstić information content (AvgIpc) is 3.44. The number of benzene rings is 2. The maximum Gasteiger partial charge on any atom is 0.283 e. The van der Waals surface area contributed by atoms with E-state index in [2.05, 4.69) is 5.32 Å². The van der Waals surface area contributed by atoms with Crippen molar-refractivity contribution in [1.29, 1.82) is 0 Å². The molecule has 0 spiro atoms. The fraction of sp³-hybridized carbons (Fsp3) is 0.278. The fourth-order valence-corrected chi connectivity index (χ4v) is 3.31. The zero-order chi connectivity index (χ0) is 17.1. The SMILES string of the molecule is CSc1ccc(C(=O)NC(c2ccccc2)C2CC2)cc1[N+](=O)[O-]. The Kier molecular flexibility index (Phi) is 4.85. The highest BCUT2D eigenvalue weighted by Gasteiger charge is 2.33. The minimum absolute atomic E-state index is 0.0298. The fourth-order valence-electron chi connectivity index (χ4n) is 2.76. The van der Waals surface area contributed by atoms with Crippen molar-refractivity contribution in [3.05, 3.63) is 69.8 Å². The Morgan fingerprint density at radius 1 is 1.25 bits per heavy atom. The number of carbonyl (C=O) groups excluding carboxylic acids is 1. The number of carbonyl (C=O) groups is 1. The molecule has 1 atom stereocenters. The van der Waals surface area contributed by atoms with Gasteiger partial charge in [0.15, 0.2) is 0 Å². The number of nitrogens with one attached hydrogen (secondary N) is 1. The second kappa shape index (κ2) is 7.05. The molecule has 0 heterocycles. The minimum atomic E-state index is -0.446. The molecular weight excluding hydrogens is 324 g/mol. The van der Waals surface area contributed by atoms with Crippen LogP contribution in [0, 0.1) is 16.0 Å². The summed E-state index contributed by atoms with van der Waals surface area (Å²) in [5.74, 6) is 0.170. The molecule has 124 valence electrons. The van der Waals surface area contributed by atoms with Crippen molar-refractivity contribution in [2.75, 3.05) is 6.26 Å². The number of thioether (sulfide) groups is 1. The molecule has 24 heavy (non-hydrogen) atoms. The van der Waals surface area contributed by atoms with Crippen LogP contribution in [0.3, 0.4) is 0 Å². The van der Waals surface area contributed by atoms with Gasteiger partial charge in [0.2, 0.25) is 0 Å². The van der Waals surface area contributed by atoms with E-state index in [1.54, 1.807) is 18.4 Å². The van der Waals surface area contributed by atoms with Gasteiger partial charge in [0.05, 0.1) is 15.9 Å². The van der Waals surface area contributed by atoms with Gasteiger partial charge in [0.25, 0.3) is 11.6 Å². The number of rotatable bonds is 6. The van der Waals surface area contributed by atoms with Gasteiger partial charge >= 0.3 is 0 Å². The van der Waals surface area contributed by atoms with Gasteiger partial charge in [-0.25, -0.2) is 0 Å². The lowest BCUT2D eigenvalue weighted by Crippen LogP contribution is -2.29. The molecule has 0 bridgehead atoms. The van der Waals surface area contributed by atoms with Crippen molar-refractivity contribution < 1.29 is 9.72 Å². The smallest absolute Gasteiger partial charge is 0.283 e. The van der Waals surface area contributed by atoms with Gasteiger partial charge in [0.1, 0.15) is 0 Å². The third-order valence-electron chi connectivity index (χ3n) is 4.18. The molecule has 1 fully saturated rings. The zero-order valence-corrected chi connectivity index (χ0v) is 14.1. The van der Waals surface area contributed by atoms with E-state index in [9.17, 15) is 14.9 Å². The van der Waals surface area contributed by atoms with Crippen molar-refractivity contribution >= 4 is 23.4 Å². The summed E-state index contributed by atoms with van der Waals surface area (Å²) in [6.07, 6.45) is 3.96. The second-order valence-corrected chi connectivity index (χ2v) is 6.69. The van der Waals surface area contributed by atoms with Gasteiger partial charge in [-0.3, -0.25) is 14.9 Å². The molecule has 2 aromatic carbocycles. The van der Waals surface area contributed by atoms with Crippen LogP contribution in [-0.4, -0.2) is 17.1 Å². The van der Waals surface area contributed by atoms with Crippen molar-refractivity contribution in [1.82, 2.24) is 5.32 Å². The van der Waals surface area contributed by atoms with Gasteiger partial charge in [-0.2, -0.15) is 0 Å². The van der Waals surface area contributed by atoms with E-state index in [0.717, 1.165) is 18.4 Å². The first-order chi connectivity index (χ1) is 11.6. The Morgan fingerprint density at radius 2 is 1.96 bits per heavy atom. The monoisotopic (exact) mass is 342 g/mol. The summed E-state index contributed by atoms with van der Waals surface area (Å²) < 4.78 is 0. The molecule has 1 aliphatic carbocycles. The second-order valence-electron chi connectivity index (χ2n) is 5.84. The number of nitro benzene ring substituents is 1. The Hall–Kier alpha value is -2.34. The predicted octanol–water partition coefficient (Wildman–Crippen LogP) is 4.20. The maximum atomic E-state index is 12.6. The Balaban J connectivity index is 1.83. The normalized spacial score (nSPS) is 14.9. The highest BCUT2D eigenvalue weighted by Crippen LogP contribution is 2.41. The Morgan fingerprint density at radius 3 is 2.54 bits per heavy atom. The number of nitrogens with zero attached hydrogens (tertiary/aromatic N) is 1. The van der Waals surface area contributed by atoms with Crippen LogP contribution < -0.4 is 5.32 Å². The van der Waals surface area contributed by atoms with Crippen LogP contribution >= 0.6 is 11.8 Å². The molecule has 1 N–H and O–H groups in total. The van der Waals surface area contributed by atoms with E-state index in [1.807, 2.05) is 30.3 Å². The van der Waals surface area contributed by atoms with Crippen LogP contribution in [0.15, 0.2) is 53.4 Å². The Labute approximate surface area is 144 Å². The molecule has 0 aromatic heterocycles. The van der Waals surface area contributed by atoms with Crippen molar-refractivity contribution in [3.63, 3.8) is 0 Å². The van der Waals surface area contributed by atoms with Crippen molar-refractivity contribution in [2.24, 2.45) is 5.92 Å². The third-order valence-corrected chi connectivity index (χ3v) is 4.96. The van der Waals surface area contributed by atoms with E-state index in [4.69, 9.17) is 0 Å². The van der Waals surface area contributed by atoms with Crippen LogP contribution in [0.25, 0.3) is 0 Å². The lowest BCUT2D eigenvalue weighted by atomic mass is 10.0. The summed E-state index contributed by atoms with van der Waals surface area (Å²) >= 11 is 1.30. The van der Waals surface area contributed by atoms with Crippen molar-refractivity contribution in [3.8, 4) is 0 Å². The first kappa shape index (κ1) is 16.5. The number of hydrogen-bond acceptors (Lipinski definition) is 4. The van der Waals surface area contributed by atoms with E-state index < -0.39 is 4.92 Å². The maximum absolute atomic E-state index is 12.6. The minimum Gasteiger partial charge on any atom is -0.345 e. The summed E-state index contributed by atoms with van der Waals surface area (Å²) in [5.41, 5.74) is 1.36. The lowest BCUT2D eigenvalue weighted by Gasteiger charge is -2.19. The van der Waals surface area contributed by atoms with Gasteiger partial charge in [-0.05, 0) is 42.7 Å². The highest BCUT2D eigenvalue weighted by molar-refractivity contribution is 7.98. The molecule has 1 saturated carbocycles. The molecule has 1 amide bonds. The van der Waals surface area contributed by atoms with Gasteiger partial charge < -0.3 is 5.32 Å². The molecule has 0 radical (unpaired) electrons. The standard InChI is InChI=1S/C18H18N2O3S/c1-24-16-10-9-14(11-15(16)20(22)23)18(21)19-17(13-7-8-13)12-5-3-2-4-6-12/h2-6,9-11,13,17H,7-8H2,1H3,(H,19,21). The van der Waals surface area contributed by atoms with Gasteiger partial charge in [-0.15, -0.1) is 11.8 Å². The summed E-state index contributed by atoms with van der Waals surface area (Å²) in [4.78, 5) is 23.9. The first-order valence-electron chi connectivity index (χ1n) is 7.78. The molecule has 3 rings (SSSR count). The molecular formula is C18H18N2O3S. The van der Waals surface area contributed by atoms with E-state index in [1.165, 1.54) is 17.8 Å². The first-order valence-corrected chi connectivity index (χ1v) is 9.01. The van der Waals surface area contributed by atoms with Gasteiger partial charge in [0, 0.05) is 11.6 Å². The summed E-state index contributed by atoms with van der Waals surface area (Å²) in [7, 11) is 0. The van der Waals surface area contributed by atoms with Crippen LogP contribution in [0.1, 0.15) is 34.8 Å².